The first-order valence-corrected chi connectivity index (χ1v) is 16.4. The highest BCUT2D eigenvalue weighted by atomic mass is 16.7. The molecule has 2 aliphatic rings. The lowest BCUT2D eigenvalue weighted by Crippen LogP contribution is -2.61. The van der Waals surface area contributed by atoms with Gasteiger partial charge in [0.25, 0.3) is 0 Å². The molecule has 14 nitrogen and oxygen atoms in total. The smallest absolute Gasteiger partial charge is 0.335 e. The van der Waals surface area contributed by atoms with E-state index < -0.39 is 42.6 Å². The van der Waals surface area contributed by atoms with E-state index in [9.17, 15) is 44.4 Å². The molecule has 2 aliphatic heterocycles. The van der Waals surface area contributed by atoms with Gasteiger partial charge >= 0.3 is 5.97 Å². The Labute approximate surface area is 281 Å². The Balaban J connectivity index is 1.50. The molecule has 2 heterocycles. The zero-order valence-electron chi connectivity index (χ0n) is 28.7. The number of anilines is 1. The van der Waals surface area contributed by atoms with Crippen LogP contribution in [0.3, 0.4) is 0 Å². The normalized spacial score (nSPS) is 24.8. The van der Waals surface area contributed by atoms with Crippen molar-refractivity contribution in [1.29, 1.82) is 0 Å². The van der Waals surface area contributed by atoms with Crippen molar-refractivity contribution < 1.29 is 53.9 Å². The van der Waals surface area contributed by atoms with Gasteiger partial charge in [0.1, 0.15) is 24.1 Å². The third-order valence-corrected chi connectivity index (χ3v) is 8.36. The van der Waals surface area contributed by atoms with Crippen LogP contribution in [0.15, 0.2) is 18.2 Å². The minimum Gasteiger partial charge on any atom is -0.479 e. The largest absolute Gasteiger partial charge is 0.479 e. The van der Waals surface area contributed by atoms with Crippen LogP contribution in [-0.2, 0) is 35.1 Å². The van der Waals surface area contributed by atoms with Gasteiger partial charge in [-0.05, 0) is 47.8 Å². The Morgan fingerprint density at radius 3 is 2.23 bits per heavy atom. The van der Waals surface area contributed by atoms with Gasteiger partial charge in [0.05, 0.1) is 11.6 Å². The number of nitrogens with zero attached hydrogens (tertiary/aromatic N) is 1. The molecule has 4 amide bonds. The molecule has 1 unspecified atom stereocenters. The number of amides is 4. The van der Waals surface area contributed by atoms with E-state index in [2.05, 4.69) is 10.6 Å². The molecule has 0 radical (unpaired) electrons. The summed E-state index contributed by atoms with van der Waals surface area (Å²) in [5, 5.41) is 45.3. The van der Waals surface area contributed by atoms with E-state index in [4.69, 9.17) is 9.47 Å². The second kappa shape index (κ2) is 16.2. The summed E-state index contributed by atoms with van der Waals surface area (Å²) in [6.45, 7) is 12.4. The van der Waals surface area contributed by atoms with Crippen molar-refractivity contribution in [2.24, 2.45) is 16.7 Å². The quantitative estimate of drug-likeness (QED) is 0.124. The zero-order valence-corrected chi connectivity index (χ0v) is 28.7. The topological polar surface area (TPSA) is 212 Å². The molecule has 0 aliphatic carbocycles. The lowest BCUT2D eigenvalue weighted by atomic mass is 9.80. The predicted molar refractivity (Wildman–Crippen MR) is 174 cm³/mol. The molecule has 268 valence electrons. The highest BCUT2D eigenvalue weighted by Gasteiger charge is 2.48. The van der Waals surface area contributed by atoms with E-state index in [0.29, 0.717) is 32.2 Å². The number of carboxylic acids is 1. The van der Waals surface area contributed by atoms with E-state index in [-0.39, 0.29) is 71.7 Å². The molecule has 0 spiro atoms. The van der Waals surface area contributed by atoms with Crippen molar-refractivity contribution in [1.82, 2.24) is 10.2 Å². The van der Waals surface area contributed by atoms with Gasteiger partial charge in [-0.2, -0.15) is 0 Å². The number of nitrogens with one attached hydrogen (secondary N) is 2. The molecule has 48 heavy (non-hydrogen) atoms. The van der Waals surface area contributed by atoms with E-state index >= 15 is 0 Å². The van der Waals surface area contributed by atoms with Gasteiger partial charge in [-0.3, -0.25) is 24.1 Å². The number of aliphatic carboxylic acids is 1. The van der Waals surface area contributed by atoms with Crippen LogP contribution >= 0.6 is 0 Å². The molecule has 2 fully saturated rings. The van der Waals surface area contributed by atoms with Crippen molar-refractivity contribution in [2.75, 3.05) is 18.4 Å². The number of carbonyl (C=O) groups excluding carboxylic acids is 4. The summed E-state index contributed by atoms with van der Waals surface area (Å²) < 4.78 is 11.0. The fourth-order valence-corrected chi connectivity index (χ4v) is 5.72. The first-order chi connectivity index (χ1) is 22.3. The SMILES string of the molecule is CC(C)(C)Cc1ccc(O[C@@H]2O[C@H](C(=O)O)[C@@H](O)[C@H](O)[C@H]2O)c(NC(=O)CCNC(=O)CCCCCN2C(=O)CC(C(C)(C)C)C2=O)c1. The fourth-order valence-electron chi connectivity index (χ4n) is 5.72. The number of rotatable bonds is 14. The van der Waals surface area contributed by atoms with Crippen LogP contribution in [-0.4, -0.2) is 98.7 Å². The fraction of sp³-hybridized carbons (Fsp3) is 0.676. The van der Waals surface area contributed by atoms with Crippen LogP contribution in [0.1, 0.15) is 85.6 Å². The maximum Gasteiger partial charge on any atom is 0.335 e. The van der Waals surface area contributed by atoms with Gasteiger partial charge in [-0.1, -0.05) is 54.0 Å². The predicted octanol–water partition coefficient (Wildman–Crippen LogP) is 1.97. The van der Waals surface area contributed by atoms with E-state index in [1.807, 2.05) is 41.5 Å². The Morgan fingerprint density at radius 2 is 1.62 bits per heavy atom. The number of hydrogen-bond acceptors (Lipinski definition) is 10. The van der Waals surface area contributed by atoms with E-state index in [1.54, 1.807) is 12.1 Å². The highest BCUT2D eigenvalue weighted by Crippen LogP contribution is 2.36. The zero-order chi connectivity index (χ0) is 36.0. The Hall–Kier alpha value is -3.59. The van der Waals surface area contributed by atoms with Crippen molar-refractivity contribution in [2.45, 2.75) is 117 Å². The summed E-state index contributed by atoms with van der Waals surface area (Å²) in [6.07, 6.45) is -6.20. The average molecular weight is 678 g/mol. The van der Waals surface area contributed by atoms with Crippen LogP contribution < -0.4 is 15.4 Å². The molecule has 1 aromatic rings. The molecule has 14 heteroatoms. The maximum atomic E-state index is 12.9. The molecule has 3 rings (SSSR count). The number of ether oxygens (including phenoxy) is 2. The van der Waals surface area contributed by atoms with Gasteiger partial charge in [0.2, 0.25) is 29.9 Å². The van der Waals surface area contributed by atoms with Crippen molar-refractivity contribution in [3.63, 3.8) is 0 Å². The van der Waals surface area contributed by atoms with Gasteiger partial charge in [0, 0.05) is 32.4 Å². The molecule has 0 saturated carbocycles. The summed E-state index contributed by atoms with van der Waals surface area (Å²) in [7, 11) is 0. The first-order valence-electron chi connectivity index (χ1n) is 16.4. The average Bonchev–Trinajstić information content (AvgIpc) is 3.26. The minimum atomic E-state index is -1.88. The van der Waals surface area contributed by atoms with Crippen LogP contribution in [0.25, 0.3) is 0 Å². The van der Waals surface area contributed by atoms with E-state index in [0.717, 1.165) is 5.56 Å². The number of imide groups is 1. The number of carboxylic acid groups (broad SMARTS) is 1. The number of hydrogen-bond donors (Lipinski definition) is 6. The molecule has 6 N–H and O–H groups in total. The molecule has 0 aromatic heterocycles. The summed E-state index contributed by atoms with van der Waals surface area (Å²) >= 11 is 0. The molecular weight excluding hydrogens is 626 g/mol. The van der Waals surface area contributed by atoms with Gasteiger partial charge in [-0.15, -0.1) is 0 Å². The highest BCUT2D eigenvalue weighted by molar-refractivity contribution is 6.03. The monoisotopic (exact) mass is 677 g/mol. The van der Waals surface area contributed by atoms with Crippen LogP contribution in [0.4, 0.5) is 5.69 Å². The first kappa shape index (κ1) is 38.9. The Morgan fingerprint density at radius 1 is 0.938 bits per heavy atom. The van der Waals surface area contributed by atoms with Crippen LogP contribution in [0.5, 0.6) is 5.75 Å². The van der Waals surface area contributed by atoms with Gasteiger partial charge in [-0.25, -0.2) is 4.79 Å². The number of benzene rings is 1. The maximum absolute atomic E-state index is 12.9. The molecule has 1 aromatic carbocycles. The van der Waals surface area contributed by atoms with Crippen molar-refractivity contribution >= 4 is 35.3 Å². The molecule has 0 bridgehead atoms. The number of aliphatic hydroxyl groups excluding tert-OH is 3. The second-order valence-corrected chi connectivity index (χ2v) is 14.9. The van der Waals surface area contributed by atoms with Crippen molar-refractivity contribution in [3.05, 3.63) is 23.8 Å². The lowest BCUT2D eigenvalue weighted by molar-refractivity contribution is -0.271. The lowest BCUT2D eigenvalue weighted by Gasteiger charge is -2.38. The number of likely N-dealkylation sites (tertiary alicyclic amines) is 1. The summed E-state index contributed by atoms with van der Waals surface area (Å²) in [4.78, 5) is 63.0. The van der Waals surface area contributed by atoms with Crippen LogP contribution in [0, 0.1) is 16.7 Å². The number of aliphatic hydroxyl groups is 3. The molecule has 6 atom stereocenters. The standard InChI is InChI=1S/C34H51N3O11/c1-33(2,3)18-19-11-12-22(47-32-28(43)26(41)27(42)29(48-32)31(45)46)21(16-19)36-24(39)13-14-35-23(38)10-8-7-9-15-37-25(40)17-20(30(37)44)34(4,5)6/h11-12,16,20,26-29,32,41-43H,7-10,13-15,17-18H2,1-6H3,(H,35,38)(H,36,39)(H,45,46)/t20?,26-,27-,28+,29-,32+/m0/s1. The summed E-state index contributed by atoms with van der Waals surface area (Å²) in [6, 6.07) is 4.95. The minimum absolute atomic E-state index is 0.0353. The van der Waals surface area contributed by atoms with Gasteiger partial charge in [0.15, 0.2) is 6.10 Å². The Kier molecular flexibility index (Phi) is 13.1. The van der Waals surface area contributed by atoms with E-state index in [1.165, 1.54) is 11.0 Å². The number of unbranched alkanes of at least 4 members (excludes halogenated alkanes) is 2. The number of carbonyl (C=O) groups is 5. The van der Waals surface area contributed by atoms with Gasteiger partial charge < -0.3 is 40.5 Å². The molecular formula is C34H51N3O11. The summed E-state index contributed by atoms with van der Waals surface area (Å²) in [5.74, 6) is -2.80. The third-order valence-electron chi connectivity index (χ3n) is 8.36. The third kappa shape index (κ3) is 10.7. The Bertz CT molecular complexity index is 1340. The van der Waals surface area contributed by atoms with Crippen LogP contribution in [0.2, 0.25) is 0 Å². The molecule has 2 saturated heterocycles. The summed E-state index contributed by atoms with van der Waals surface area (Å²) in [5.41, 5.74) is 0.693. The second-order valence-electron chi connectivity index (χ2n) is 14.9. The van der Waals surface area contributed by atoms with Crippen molar-refractivity contribution in [3.8, 4) is 5.75 Å².